The number of rotatable bonds is 4. The van der Waals surface area contributed by atoms with E-state index in [1.807, 2.05) is 0 Å². The molecule has 0 aromatic heterocycles. The van der Waals surface area contributed by atoms with Crippen LogP contribution in [0.5, 0.6) is 0 Å². The standard InChI is InChI=1S/C11H9F5O3/c1-2-19-7(17)4-11(16,18)5-3-6(12)9(14)10(15)8(5)13/h3,18H,2,4H2,1H3/t11-/m0/s1. The van der Waals surface area contributed by atoms with Gasteiger partial charge >= 0.3 is 5.97 Å². The number of halogens is 5. The normalized spacial score (nSPS) is 14.1. The van der Waals surface area contributed by atoms with E-state index in [9.17, 15) is 31.9 Å². The summed E-state index contributed by atoms with van der Waals surface area (Å²) in [7, 11) is 0. The highest BCUT2D eigenvalue weighted by Gasteiger charge is 2.38. The van der Waals surface area contributed by atoms with Crippen LogP contribution in [-0.2, 0) is 15.4 Å². The van der Waals surface area contributed by atoms with Crippen molar-refractivity contribution >= 4 is 5.97 Å². The Balaban J connectivity index is 3.18. The Morgan fingerprint density at radius 2 is 1.84 bits per heavy atom. The molecule has 3 nitrogen and oxygen atoms in total. The van der Waals surface area contributed by atoms with Gasteiger partial charge in [-0.25, -0.2) is 22.0 Å². The lowest BCUT2D eigenvalue weighted by Gasteiger charge is -2.19. The van der Waals surface area contributed by atoms with Gasteiger partial charge in [0.05, 0.1) is 12.2 Å². The molecule has 0 bridgehead atoms. The van der Waals surface area contributed by atoms with Gasteiger partial charge in [0, 0.05) is 0 Å². The molecule has 0 spiro atoms. The number of esters is 1. The second-order valence-electron chi connectivity index (χ2n) is 3.59. The summed E-state index contributed by atoms with van der Waals surface area (Å²) < 4.78 is 69.7. The largest absolute Gasteiger partial charge is 0.466 e. The van der Waals surface area contributed by atoms with Crippen molar-refractivity contribution in [3.63, 3.8) is 0 Å². The summed E-state index contributed by atoms with van der Waals surface area (Å²) in [6.07, 6.45) is -1.39. The van der Waals surface area contributed by atoms with Crippen LogP contribution in [0, 0.1) is 23.3 Å². The Hall–Kier alpha value is -1.70. The van der Waals surface area contributed by atoms with Crippen LogP contribution in [0.2, 0.25) is 0 Å². The molecule has 106 valence electrons. The highest BCUT2D eigenvalue weighted by Crippen LogP contribution is 2.32. The van der Waals surface area contributed by atoms with Crippen LogP contribution in [0.4, 0.5) is 22.0 Å². The second-order valence-corrected chi connectivity index (χ2v) is 3.59. The van der Waals surface area contributed by atoms with Gasteiger partial charge < -0.3 is 9.84 Å². The maximum Gasteiger partial charge on any atom is 0.311 e. The monoisotopic (exact) mass is 284 g/mol. The predicted octanol–water partition coefficient (Wildman–Crippen LogP) is 2.31. The fourth-order valence-corrected chi connectivity index (χ4v) is 1.35. The van der Waals surface area contributed by atoms with Crippen molar-refractivity contribution in [1.29, 1.82) is 0 Å². The van der Waals surface area contributed by atoms with Crippen molar-refractivity contribution < 1.29 is 36.6 Å². The van der Waals surface area contributed by atoms with Crippen LogP contribution >= 0.6 is 0 Å². The molecule has 0 fully saturated rings. The number of hydrogen-bond acceptors (Lipinski definition) is 3. The number of carbonyl (C=O) groups excluding carboxylic acids is 1. The minimum absolute atomic E-state index is 0.0625. The van der Waals surface area contributed by atoms with Gasteiger partial charge in [-0.1, -0.05) is 0 Å². The van der Waals surface area contributed by atoms with E-state index in [0.717, 1.165) is 0 Å². The summed E-state index contributed by atoms with van der Waals surface area (Å²) in [4.78, 5) is 11.0. The molecule has 0 amide bonds. The van der Waals surface area contributed by atoms with E-state index in [-0.39, 0.29) is 12.7 Å². The minimum Gasteiger partial charge on any atom is -0.466 e. The number of alkyl halides is 1. The van der Waals surface area contributed by atoms with E-state index in [4.69, 9.17) is 0 Å². The fraction of sp³-hybridized carbons (Fsp3) is 0.364. The van der Waals surface area contributed by atoms with Crippen molar-refractivity contribution in [2.45, 2.75) is 19.2 Å². The molecule has 19 heavy (non-hydrogen) atoms. The first-order chi connectivity index (χ1) is 8.70. The molecule has 0 unspecified atom stereocenters. The third kappa shape index (κ3) is 3.19. The SMILES string of the molecule is CCOC(=O)C[C@@](O)(F)c1cc(F)c(F)c(F)c1F. The third-order valence-corrected chi connectivity index (χ3v) is 2.20. The van der Waals surface area contributed by atoms with Gasteiger partial charge in [-0.15, -0.1) is 0 Å². The van der Waals surface area contributed by atoms with Gasteiger partial charge in [0.25, 0.3) is 0 Å². The maximum absolute atomic E-state index is 13.7. The van der Waals surface area contributed by atoms with Crippen LogP contribution in [0.1, 0.15) is 18.9 Å². The number of benzene rings is 1. The van der Waals surface area contributed by atoms with Crippen molar-refractivity contribution in [2.75, 3.05) is 6.61 Å². The Morgan fingerprint density at radius 3 is 2.37 bits per heavy atom. The number of carbonyl (C=O) groups is 1. The molecule has 1 aromatic rings. The summed E-state index contributed by atoms with van der Waals surface area (Å²) in [6.45, 7) is 1.26. The predicted molar refractivity (Wildman–Crippen MR) is 52.5 cm³/mol. The molecule has 0 saturated heterocycles. The molecule has 0 aliphatic carbocycles. The van der Waals surface area contributed by atoms with Gasteiger partial charge in [0.1, 0.15) is 6.42 Å². The molecular weight excluding hydrogens is 275 g/mol. The summed E-state index contributed by atoms with van der Waals surface area (Å²) in [5.41, 5.74) is -1.52. The highest BCUT2D eigenvalue weighted by atomic mass is 19.2. The fourth-order valence-electron chi connectivity index (χ4n) is 1.35. The molecular formula is C11H9F5O3. The van der Waals surface area contributed by atoms with Gasteiger partial charge in [-0.2, -0.15) is 0 Å². The third-order valence-electron chi connectivity index (χ3n) is 2.20. The first-order valence-electron chi connectivity index (χ1n) is 5.11. The lowest BCUT2D eigenvalue weighted by atomic mass is 10.0. The summed E-state index contributed by atoms with van der Waals surface area (Å²) in [5, 5.41) is 9.24. The van der Waals surface area contributed by atoms with Gasteiger partial charge in [0.2, 0.25) is 5.85 Å². The van der Waals surface area contributed by atoms with Crippen molar-refractivity contribution in [2.24, 2.45) is 0 Å². The zero-order valence-corrected chi connectivity index (χ0v) is 9.65. The Kier molecular flexibility index (Phi) is 4.46. The average molecular weight is 284 g/mol. The molecule has 8 heteroatoms. The van der Waals surface area contributed by atoms with Gasteiger partial charge in [-0.3, -0.25) is 4.79 Å². The molecule has 1 rings (SSSR count). The van der Waals surface area contributed by atoms with Crippen LogP contribution in [-0.4, -0.2) is 17.7 Å². The molecule has 1 atom stereocenters. The van der Waals surface area contributed by atoms with Crippen LogP contribution in [0.15, 0.2) is 6.07 Å². The van der Waals surface area contributed by atoms with E-state index >= 15 is 0 Å². The molecule has 1 N–H and O–H groups in total. The zero-order chi connectivity index (χ0) is 14.8. The van der Waals surface area contributed by atoms with Crippen LogP contribution in [0.25, 0.3) is 0 Å². The molecule has 0 saturated carbocycles. The lowest BCUT2D eigenvalue weighted by molar-refractivity contribution is -0.162. The van der Waals surface area contributed by atoms with Gasteiger partial charge in [0.15, 0.2) is 23.3 Å². The van der Waals surface area contributed by atoms with E-state index in [1.54, 1.807) is 0 Å². The van der Waals surface area contributed by atoms with E-state index in [1.165, 1.54) is 6.92 Å². The maximum atomic E-state index is 13.7. The first-order valence-corrected chi connectivity index (χ1v) is 5.11. The lowest BCUT2D eigenvalue weighted by Crippen LogP contribution is -2.27. The van der Waals surface area contributed by atoms with Crippen LogP contribution < -0.4 is 0 Å². The van der Waals surface area contributed by atoms with E-state index in [2.05, 4.69) is 4.74 Å². The van der Waals surface area contributed by atoms with Crippen molar-refractivity contribution in [3.05, 3.63) is 34.9 Å². The van der Waals surface area contributed by atoms with E-state index < -0.39 is 47.1 Å². The molecule has 1 aromatic carbocycles. The Labute approximate surface area is 104 Å². The van der Waals surface area contributed by atoms with Crippen molar-refractivity contribution in [3.8, 4) is 0 Å². The van der Waals surface area contributed by atoms with Gasteiger partial charge in [-0.05, 0) is 13.0 Å². The Bertz CT molecular complexity index is 502. The molecule has 0 heterocycles. The minimum atomic E-state index is -3.72. The molecule has 0 aliphatic rings. The van der Waals surface area contributed by atoms with E-state index in [0.29, 0.717) is 0 Å². The van der Waals surface area contributed by atoms with Crippen LogP contribution in [0.3, 0.4) is 0 Å². The quantitative estimate of drug-likeness (QED) is 0.399. The highest BCUT2D eigenvalue weighted by molar-refractivity contribution is 5.70. The smallest absolute Gasteiger partial charge is 0.311 e. The number of aliphatic hydroxyl groups is 1. The van der Waals surface area contributed by atoms with Crippen molar-refractivity contribution in [1.82, 2.24) is 0 Å². The summed E-state index contributed by atoms with van der Waals surface area (Å²) in [5.74, 6) is -13.4. The topological polar surface area (TPSA) is 46.5 Å². The number of ether oxygens (including phenoxy) is 1. The summed E-state index contributed by atoms with van der Waals surface area (Å²) in [6, 6.07) is -0.0625. The number of hydrogen-bond donors (Lipinski definition) is 1. The zero-order valence-electron chi connectivity index (χ0n) is 9.65. The molecule has 0 radical (unpaired) electrons. The average Bonchev–Trinajstić information content (AvgIpc) is 2.30. The first kappa shape index (κ1) is 15.4. The second kappa shape index (κ2) is 5.52. The Morgan fingerprint density at radius 1 is 1.26 bits per heavy atom. The summed E-state index contributed by atoms with van der Waals surface area (Å²) >= 11 is 0. The molecule has 0 aliphatic heterocycles.